The molecule has 0 saturated carbocycles. The van der Waals surface area contributed by atoms with Crippen LogP contribution in [0.25, 0.3) is 0 Å². The number of hydrogen-bond donors (Lipinski definition) is 1. The summed E-state index contributed by atoms with van der Waals surface area (Å²) < 4.78 is 21.3. The average Bonchev–Trinajstić information content (AvgIpc) is 2.78. The van der Waals surface area contributed by atoms with Crippen molar-refractivity contribution in [3.8, 4) is 11.5 Å². The molecule has 29 heavy (non-hydrogen) atoms. The van der Waals surface area contributed by atoms with E-state index >= 15 is 0 Å². The monoisotopic (exact) mass is 401 g/mol. The average molecular weight is 401 g/mol. The second-order valence-electron chi connectivity index (χ2n) is 6.77. The minimum atomic E-state index is -0.454. The molecule has 2 atom stereocenters. The number of morpholine rings is 1. The van der Waals surface area contributed by atoms with E-state index in [4.69, 9.17) is 14.2 Å². The third-order valence-electron chi connectivity index (χ3n) is 4.96. The zero-order chi connectivity index (χ0) is 20.6. The summed E-state index contributed by atoms with van der Waals surface area (Å²) >= 11 is 0. The van der Waals surface area contributed by atoms with Crippen LogP contribution in [-0.4, -0.2) is 62.7 Å². The lowest BCUT2D eigenvalue weighted by molar-refractivity contribution is -0.142. The highest BCUT2D eigenvalue weighted by atomic mass is 16.6. The molecule has 1 saturated heterocycles. The van der Waals surface area contributed by atoms with Crippen molar-refractivity contribution in [3.63, 3.8) is 0 Å². The first-order chi connectivity index (χ1) is 14.2. The molecule has 156 valence electrons. The lowest BCUT2D eigenvalue weighted by atomic mass is 9.97. The molecule has 0 radical (unpaired) electrons. The first kappa shape index (κ1) is 21.1. The van der Waals surface area contributed by atoms with Crippen LogP contribution in [0.1, 0.15) is 17.2 Å². The number of carbonyl (C=O) groups is 1. The fourth-order valence-corrected chi connectivity index (χ4v) is 3.55. The van der Waals surface area contributed by atoms with Crippen molar-refractivity contribution >= 4 is 5.97 Å². The number of aliphatic hydroxyl groups is 1. The highest BCUT2D eigenvalue weighted by Crippen LogP contribution is 2.33. The summed E-state index contributed by atoms with van der Waals surface area (Å²) in [4.78, 5) is 13.6. The first-order valence-electron chi connectivity index (χ1n) is 9.54. The highest BCUT2D eigenvalue weighted by Gasteiger charge is 2.33. The van der Waals surface area contributed by atoms with Gasteiger partial charge in [-0.3, -0.25) is 4.90 Å². The van der Waals surface area contributed by atoms with Gasteiger partial charge in [-0.1, -0.05) is 36.4 Å². The van der Waals surface area contributed by atoms with Gasteiger partial charge in [0.15, 0.2) is 18.1 Å². The minimum Gasteiger partial charge on any atom is -0.493 e. The zero-order valence-electron chi connectivity index (χ0n) is 16.7. The van der Waals surface area contributed by atoms with Gasteiger partial charge in [0.1, 0.15) is 6.10 Å². The van der Waals surface area contributed by atoms with E-state index in [1.807, 2.05) is 30.3 Å². The summed E-state index contributed by atoms with van der Waals surface area (Å²) in [6.45, 7) is 1.75. The zero-order valence-corrected chi connectivity index (χ0v) is 16.7. The Bertz CT molecular complexity index is 797. The van der Waals surface area contributed by atoms with Crippen molar-refractivity contribution in [1.82, 2.24) is 4.90 Å². The van der Waals surface area contributed by atoms with Gasteiger partial charge in [0, 0.05) is 13.1 Å². The van der Waals surface area contributed by atoms with Crippen LogP contribution < -0.4 is 9.47 Å². The molecule has 7 heteroatoms. The van der Waals surface area contributed by atoms with Crippen molar-refractivity contribution in [2.24, 2.45) is 0 Å². The van der Waals surface area contributed by atoms with Gasteiger partial charge in [0.2, 0.25) is 0 Å². The maximum absolute atomic E-state index is 11.3. The van der Waals surface area contributed by atoms with Crippen LogP contribution in [0.4, 0.5) is 0 Å². The molecule has 0 amide bonds. The van der Waals surface area contributed by atoms with Gasteiger partial charge in [-0.2, -0.15) is 0 Å². The van der Waals surface area contributed by atoms with Crippen molar-refractivity contribution in [2.75, 3.05) is 40.6 Å². The molecular weight excluding hydrogens is 374 g/mol. The number of aliphatic hydroxyl groups excluding tert-OH is 1. The van der Waals surface area contributed by atoms with Crippen LogP contribution in [0.3, 0.4) is 0 Å². The van der Waals surface area contributed by atoms with Crippen LogP contribution in [0, 0.1) is 0 Å². The van der Waals surface area contributed by atoms with Crippen LogP contribution in [0.5, 0.6) is 11.5 Å². The van der Waals surface area contributed by atoms with Crippen molar-refractivity contribution < 1.29 is 28.8 Å². The Hall–Kier alpha value is -2.61. The molecular formula is C22H27NO6. The van der Waals surface area contributed by atoms with Gasteiger partial charge in [-0.25, -0.2) is 4.79 Å². The van der Waals surface area contributed by atoms with Gasteiger partial charge in [0.25, 0.3) is 0 Å². The fourth-order valence-electron chi connectivity index (χ4n) is 3.55. The number of carbonyl (C=O) groups excluding carboxylic acids is 1. The molecule has 1 aliphatic rings. The summed E-state index contributed by atoms with van der Waals surface area (Å²) in [5, 5.41) is 9.82. The van der Waals surface area contributed by atoms with E-state index in [-0.39, 0.29) is 25.4 Å². The Morgan fingerprint density at radius 1 is 1.17 bits per heavy atom. The molecule has 0 unspecified atom stereocenters. The molecule has 0 spiro atoms. The largest absolute Gasteiger partial charge is 0.493 e. The maximum Gasteiger partial charge on any atom is 0.343 e. The van der Waals surface area contributed by atoms with E-state index in [9.17, 15) is 9.90 Å². The van der Waals surface area contributed by atoms with Gasteiger partial charge < -0.3 is 24.1 Å². The minimum absolute atomic E-state index is 0.0420. The van der Waals surface area contributed by atoms with E-state index in [2.05, 4.69) is 21.8 Å². The normalized spacial score (nSPS) is 19.6. The molecule has 1 aliphatic heterocycles. The number of esters is 1. The molecule has 1 heterocycles. The Balaban J connectivity index is 1.78. The van der Waals surface area contributed by atoms with E-state index in [0.29, 0.717) is 24.7 Å². The second-order valence-corrected chi connectivity index (χ2v) is 6.77. The number of ether oxygens (including phenoxy) is 4. The number of methoxy groups -OCH3 is 2. The number of benzene rings is 2. The van der Waals surface area contributed by atoms with Crippen LogP contribution in [0.2, 0.25) is 0 Å². The summed E-state index contributed by atoms with van der Waals surface area (Å²) in [6, 6.07) is 15.7. The van der Waals surface area contributed by atoms with Gasteiger partial charge >= 0.3 is 5.97 Å². The molecule has 0 aliphatic carbocycles. The maximum atomic E-state index is 11.3. The SMILES string of the molecule is COC(=O)COc1ccc(CN2CCO[C@@H](CO)[C@@H]2c2ccccc2)cc1OC. The lowest BCUT2D eigenvalue weighted by Gasteiger charge is -2.41. The molecule has 2 aromatic rings. The second kappa shape index (κ2) is 10.2. The van der Waals surface area contributed by atoms with E-state index < -0.39 is 5.97 Å². The highest BCUT2D eigenvalue weighted by molar-refractivity contribution is 5.71. The number of rotatable bonds is 8. The number of nitrogens with zero attached hydrogens (tertiary/aromatic N) is 1. The molecule has 0 bridgehead atoms. The fraction of sp³-hybridized carbons (Fsp3) is 0.409. The van der Waals surface area contributed by atoms with Gasteiger partial charge in [0.05, 0.1) is 33.5 Å². The Morgan fingerprint density at radius 2 is 1.97 bits per heavy atom. The quantitative estimate of drug-likeness (QED) is 0.680. The summed E-state index contributed by atoms with van der Waals surface area (Å²) in [7, 11) is 2.88. The predicted octanol–water partition coefficient (Wildman–Crippen LogP) is 2.18. The topological polar surface area (TPSA) is 77.5 Å². The molecule has 0 aromatic heterocycles. The molecule has 1 fully saturated rings. The van der Waals surface area contributed by atoms with E-state index in [0.717, 1.165) is 17.7 Å². The van der Waals surface area contributed by atoms with Gasteiger partial charge in [-0.05, 0) is 23.3 Å². The van der Waals surface area contributed by atoms with Gasteiger partial charge in [-0.15, -0.1) is 0 Å². The van der Waals surface area contributed by atoms with E-state index in [1.165, 1.54) is 7.11 Å². The smallest absolute Gasteiger partial charge is 0.343 e. The van der Waals surface area contributed by atoms with Crippen LogP contribution in [-0.2, 0) is 20.8 Å². The summed E-state index contributed by atoms with van der Waals surface area (Å²) in [5.74, 6) is 0.580. The molecule has 7 nitrogen and oxygen atoms in total. The van der Waals surface area contributed by atoms with Crippen molar-refractivity contribution in [1.29, 1.82) is 0 Å². The standard InChI is InChI=1S/C22H27NO6/c1-26-19-12-16(8-9-18(19)29-15-21(25)27-2)13-23-10-11-28-20(14-24)22(23)17-6-4-3-5-7-17/h3-9,12,20,22,24H,10-11,13-15H2,1-2H3/t20-,22-/m0/s1. The molecule has 1 N–H and O–H groups in total. The van der Waals surface area contributed by atoms with Crippen LogP contribution in [0.15, 0.2) is 48.5 Å². The third-order valence-corrected chi connectivity index (χ3v) is 4.96. The van der Waals surface area contributed by atoms with Crippen molar-refractivity contribution in [3.05, 3.63) is 59.7 Å². The Kier molecular flexibility index (Phi) is 7.46. The number of hydrogen-bond acceptors (Lipinski definition) is 7. The summed E-state index contributed by atoms with van der Waals surface area (Å²) in [5.41, 5.74) is 2.14. The van der Waals surface area contributed by atoms with Crippen LogP contribution >= 0.6 is 0 Å². The Labute approximate surface area is 170 Å². The van der Waals surface area contributed by atoms with E-state index in [1.54, 1.807) is 13.2 Å². The first-order valence-corrected chi connectivity index (χ1v) is 9.54. The van der Waals surface area contributed by atoms with Crippen molar-refractivity contribution in [2.45, 2.75) is 18.7 Å². The third kappa shape index (κ3) is 5.26. The molecule has 2 aromatic carbocycles. The molecule has 3 rings (SSSR count). The lowest BCUT2D eigenvalue weighted by Crippen LogP contribution is -2.46. The Morgan fingerprint density at radius 3 is 2.66 bits per heavy atom. The summed E-state index contributed by atoms with van der Waals surface area (Å²) in [6.07, 6.45) is -0.282. The predicted molar refractivity (Wildman–Crippen MR) is 107 cm³/mol.